The minimum absolute atomic E-state index is 0.0817. The monoisotopic (exact) mass is 418 g/mol. The van der Waals surface area contributed by atoms with Gasteiger partial charge in [-0.05, 0) is 39.2 Å². The molecular weight excluding hydrogens is 388 g/mol. The number of hydrogen-bond donors (Lipinski definition) is 1. The molecule has 1 atom stereocenters. The highest BCUT2D eigenvalue weighted by Gasteiger charge is 2.45. The molecule has 0 aromatic heterocycles. The Bertz CT molecular complexity index is 771. The molecule has 164 valence electrons. The van der Waals surface area contributed by atoms with E-state index >= 15 is 0 Å². The molecule has 3 rings (SSSR count). The highest BCUT2D eigenvalue weighted by molar-refractivity contribution is 5.95. The highest BCUT2D eigenvalue weighted by Crippen LogP contribution is 2.34. The molecule has 2 saturated heterocycles. The number of imide groups is 1. The van der Waals surface area contributed by atoms with Gasteiger partial charge in [-0.2, -0.15) is 0 Å². The van der Waals surface area contributed by atoms with E-state index in [9.17, 15) is 14.4 Å². The molecule has 30 heavy (non-hydrogen) atoms. The Morgan fingerprint density at radius 3 is 2.30 bits per heavy atom. The lowest BCUT2D eigenvalue weighted by Crippen LogP contribution is -2.50. The molecule has 2 aliphatic heterocycles. The molecule has 9 nitrogen and oxygen atoms in total. The van der Waals surface area contributed by atoms with Crippen LogP contribution in [0.15, 0.2) is 30.3 Å². The lowest BCUT2D eigenvalue weighted by molar-refractivity contribution is 0.0158. The van der Waals surface area contributed by atoms with Crippen molar-refractivity contribution in [3.05, 3.63) is 35.9 Å². The van der Waals surface area contributed by atoms with Crippen molar-refractivity contribution in [2.24, 2.45) is 0 Å². The number of benzene rings is 1. The summed E-state index contributed by atoms with van der Waals surface area (Å²) < 4.78 is 5.46. The number of ether oxygens (including phenoxy) is 1. The third kappa shape index (κ3) is 4.84. The van der Waals surface area contributed by atoms with Gasteiger partial charge in [0, 0.05) is 19.1 Å². The average Bonchev–Trinajstić information content (AvgIpc) is 3.05. The summed E-state index contributed by atoms with van der Waals surface area (Å²) in [5.74, 6) is 0. The molecule has 9 heteroatoms. The summed E-state index contributed by atoms with van der Waals surface area (Å²) in [5, 5.41) is 0. The first-order chi connectivity index (χ1) is 14.2. The van der Waals surface area contributed by atoms with Crippen LogP contribution in [0.3, 0.4) is 0 Å². The van der Waals surface area contributed by atoms with E-state index < -0.39 is 11.6 Å². The third-order valence-electron chi connectivity index (χ3n) is 5.27. The largest absolute Gasteiger partial charge is 0.444 e. The smallest absolute Gasteiger partial charge is 0.410 e. The van der Waals surface area contributed by atoms with Gasteiger partial charge in [-0.15, -0.1) is 0 Å². The van der Waals surface area contributed by atoms with Gasteiger partial charge in [0.2, 0.25) is 0 Å². The fourth-order valence-corrected chi connectivity index (χ4v) is 3.93. The number of nitrogens with zero attached hydrogens (tertiary/aromatic N) is 3. The summed E-state index contributed by atoms with van der Waals surface area (Å²) in [6, 6.07) is 8.39. The average molecular weight is 418 g/mol. The second-order valence-electron chi connectivity index (χ2n) is 8.54. The number of hydrogen-bond acceptors (Lipinski definition) is 5. The Morgan fingerprint density at radius 2 is 1.73 bits per heavy atom. The van der Waals surface area contributed by atoms with Crippen molar-refractivity contribution in [1.82, 2.24) is 20.2 Å². The first-order valence-electron chi connectivity index (χ1n) is 10.2. The van der Waals surface area contributed by atoms with Crippen molar-refractivity contribution in [3.8, 4) is 0 Å². The van der Waals surface area contributed by atoms with Crippen LogP contribution in [0.25, 0.3) is 0 Å². The van der Waals surface area contributed by atoms with E-state index in [4.69, 9.17) is 9.57 Å². The molecule has 0 unspecified atom stereocenters. The number of rotatable bonds is 3. The maximum Gasteiger partial charge on any atom is 0.410 e. The summed E-state index contributed by atoms with van der Waals surface area (Å²) >= 11 is 0. The van der Waals surface area contributed by atoms with Crippen LogP contribution in [-0.2, 0) is 9.57 Å². The van der Waals surface area contributed by atoms with Crippen LogP contribution in [0, 0.1) is 0 Å². The van der Waals surface area contributed by atoms with Crippen LogP contribution in [0.5, 0.6) is 0 Å². The highest BCUT2D eigenvalue weighted by atomic mass is 16.6. The number of amides is 5. The van der Waals surface area contributed by atoms with Crippen molar-refractivity contribution in [2.75, 3.05) is 26.7 Å². The zero-order valence-electron chi connectivity index (χ0n) is 18.0. The minimum atomic E-state index is -0.586. The van der Waals surface area contributed by atoms with Crippen LogP contribution in [0.2, 0.25) is 0 Å². The van der Waals surface area contributed by atoms with Gasteiger partial charge in [-0.1, -0.05) is 30.3 Å². The van der Waals surface area contributed by atoms with E-state index in [1.165, 1.54) is 12.0 Å². The van der Waals surface area contributed by atoms with Crippen LogP contribution in [0.4, 0.5) is 14.4 Å². The van der Waals surface area contributed by atoms with Gasteiger partial charge in [0.15, 0.2) is 0 Å². The SMILES string of the molecule is CONC(=O)N1C[C@@H](c2ccccc2)N(C2CCN(C(=O)OC(C)(C)C)CC2)C1=O. The number of carbonyl (C=O) groups excluding carboxylic acids is 3. The number of urea groups is 2. The molecular formula is C21H30N4O5. The molecule has 1 aromatic carbocycles. The second-order valence-corrected chi connectivity index (χ2v) is 8.54. The van der Waals surface area contributed by atoms with E-state index in [0.29, 0.717) is 25.9 Å². The van der Waals surface area contributed by atoms with Crippen LogP contribution in [0.1, 0.15) is 45.2 Å². The molecule has 0 bridgehead atoms. The van der Waals surface area contributed by atoms with E-state index in [-0.39, 0.29) is 30.8 Å². The quantitative estimate of drug-likeness (QED) is 0.762. The molecule has 1 aromatic rings. The molecule has 2 aliphatic rings. The second kappa shape index (κ2) is 8.91. The first-order valence-corrected chi connectivity index (χ1v) is 10.2. The van der Waals surface area contributed by atoms with Gasteiger partial charge in [0.1, 0.15) is 5.60 Å². The Morgan fingerprint density at radius 1 is 1.10 bits per heavy atom. The van der Waals surface area contributed by atoms with E-state index in [2.05, 4.69) is 5.48 Å². The molecule has 1 N–H and O–H groups in total. The maximum atomic E-state index is 13.1. The fraction of sp³-hybridized carbons (Fsp3) is 0.571. The molecule has 0 aliphatic carbocycles. The Kier molecular flexibility index (Phi) is 6.50. The van der Waals surface area contributed by atoms with Crippen molar-refractivity contribution in [2.45, 2.75) is 51.3 Å². The lowest BCUT2D eigenvalue weighted by atomic mass is 9.99. The summed E-state index contributed by atoms with van der Waals surface area (Å²) in [6.07, 6.45) is 0.900. The predicted molar refractivity (Wildman–Crippen MR) is 109 cm³/mol. The summed E-state index contributed by atoms with van der Waals surface area (Å²) in [4.78, 5) is 47.1. The van der Waals surface area contributed by atoms with Gasteiger partial charge in [-0.3, -0.25) is 4.84 Å². The Balaban J connectivity index is 1.74. The minimum Gasteiger partial charge on any atom is -0.444 e. The Hall–Kier alpha value is -2.81. The van der Waals surface area contributed by atoms with E-state index in [0.717, 1.165) is 5.56 Å². The molecule has 0 spiro atoms. The molecule has 5 amide bonds. The normalized spacial score (nSPS) is 20.5. The molecule has 0 radical (unpaired) electrons. The van der Waals surface area contributed by atoms with Gasteiger partial charge >= 0.3 is 18.2 Å². The maximum absolute atomic E-state index is 13.1. The number of likely N-dealkylation sites (tertiary alicyclic amines) is 1. The van der Waals surface area contributed by atoms with Gasteiger partial charge < -0.3 is 14.5 Å². The first kappa shape index (κ1) is 21.9. The van der Waals surface area contributed by atoms with Gasteiger partial charge in [-0.25, -0.2) is 24.8 Å². The summed E-state index contributed by atoms with van der Waals surface area (Å²) in [5.41, 5.74) is 2.64. The van der Waals surface area contributed by atoms with Crippen LogP contribution >= 0.6 is 0 Å². The number of carbonyl (C=O) groups is 3. The van der Waals surface area contributed by atoms with Gasteiger partial charge in [0.05, 0.1) is 19.7 Å². The molecule has 2 heterocycles. The van der Waals surface area contributed by atoms with Crippen LogP contribution < -0.4 is 5.48 Å². The Labute approximate surface area is 176 Å². The van der Waals surface area contributed by atoms with Crippen molar-refractivity contribution >= 4 is 18.2 Å². The summed E-state index contributed by atoms with van der Waals surface area (Å²) in [6.45, 7) is 6.74. The topological polar surface area (TPSA) is 91.4 Å². The number of piperidine rings is 1. The molecule has 2 fully saturated rings. The van der Waals surface area contributed by atoms with Crippen LogP contribution in [-0.4, -0.2) is 71.2 Å². The summed E-state index contributed by atoms with van der Waals surface area (Å²) in [7, 11) is 1.33. The standard InChI is InChI=1S/C21H30N4O5/c1-21(2,3)30-20(28)23-12-10-16(11-13-23)25-17(15-8-6-5-7-9-15)14-24(19(25)27)18(26)22-29-4/h5-9,16-17H,10-14H2,1-4H3,(H,22,26)/t17-/m0/s1. The lowest BCUT2D eigenvalue weighted by Gasteiger charge is -2.39. The third-order valence-corrected chi connectivity index (χ3v) is 5.27. The zero-order chi connectivity index (χ0) is 21.9. The number of hydroxylamine groups is 1. The predicted octanol–water partition coefficient (Wildman–Crippen LogP) is 3.14. The van der Waals surface area contributed by atoms with Crippen molar-refractivity contribution < 1.29 is 24.0 Å². The zero-order valence-corrected chi connectivity index (χ0v) is 18.0. The van der Waals surface area contributed by atoms with Gasteiger partial charge in [0.25, 0.3) is 0 Å². The van der Waals surface area contributed by atoms with Crippen molar-refractivity contribution in [1.29, 1.82) is 0 Å². The molecule has 0 saturated carbocycles. The fourth-order valence-electron chi connectivity index (χ4n) is 3.93. The van der Waals surface area contributed by atoms with E-state index in [1.54, 1.807) is 9.80 Å². The van der Waals surface area contributed by atoms with Crippen molar-refractivity contribution in [3.63, 3.8) is 0 Å². The number of nitrogens with one attached hydrogen (secondary N) is 1. The van der Waals surface area contributed by atoms with E-state index in [1.807, 2.05) is 51.1 Å².